The van der Waals surface area contributed by atoms with Crippen LogP contribution in [0, 0.1) is 0 Å². The van der Waals surface area contributed by atoms with Crippen molar-refractivity contribution >= 4 is 27.8 Å². The Balaban J connectivity index is 1.01. The fourth-order valence-electron chi connectivity index (χ4n) is 10.1. The van der Waals surface area contributed by atoms with Gasteiger partial charge in [0.25, 0.3) is 0 Å². The summed E-state index contributed by atoms with van der Waals surface area (Å²) in [4.78, 5) is 2.40. The van der Waals surface area contributed by atoms with Gasteiger partial charge >= 0.3 is 0 Å². The standard InChI is InChI=1S/C59H39NO/c1-4-15-40(16-5-1)41-27-31-45(32-28-41)60(46-33-29-42(30-34-46)48-36-38-57-58-51(48)23-14-24-52(58)50-22-11-13-26-56(50)61-57)47-35-37-55-53(39-47)49-21-10-12-25-54(49)59(55,43-17-6-2-7-18-43)44-19-8-3-9-20-44/h1-39H. The van der Waals surface area contributed by atoms with E-state index in [9.17, 15) is 0 Å². The highest BCUT2D eigenvalue weighted by Gasteiger charge is 2.46. The van der Waals surface area contributed by atoms with Crippen molar-refractivity contribution in [3.05, 3.63) is 259 Å². The molecule has 1 aliphatic heterocycles. The van der Waals surface area contributed by atoms with Crippen LogP contribution >= 0.6 is 0 Å². The summed E-state index contributed by atoms with van der Waals surface area (Å²) in [6.45, 7) is 0. The van der Waals surface area contributed by atoms with E-state index in [0.717, 1.165) is 45.1 Å². The molecule has 0 unspecified atom stereocenters. The molecule has 0 aromatic heterocycles. The molecule has 0 saturated carbocycles. The first kappa shape index (κ1) is 35.0. The van der Waals surface area contributed by atoms with E-state index >= 15 is 0 Å². The second-order valence-corrected chi connectivity index (χ2v) is 16.0. The molecule has 0 bridgehead atoms. The summed E-state index contributed by atoms with van der Waals surface area (Å²) in [7, 11) is 0. The van der Waals surface area contributed by atoms with Gasteiger partial charge in [0.05, 0.1) is 5.41 Å². The van der Waals surface area contributed by atoms with E-state index in [1.54, 1.807) is 0 Å². The first-order valence-corrected chi connectivity index (χ1v) is 21.0. The molecule has 286 valence electrons. The van der Waals surface area contributed by atoms with Gasteiger partial charge in [0.2, 0.25) is 0 Å². The molecule has 0 radical (unpaired) electrons. The van der Waals surface area contributed by atoms with Gasteiger partial charge in [-0.25, -0.2) is 0 Å². The average molecular weight is 778 g/mol. The number of rotatable bonds is 7. The Morgan fingerprint density at radius 1 is 0.311 bits per heavy atom. The third-order valence-electron chi connectivity index (χ3n) is 12.8. The molecule has 0 N–H and O–H groups in total. The van der Waals surface area contributed by atoms with Gasteiger partial charge in [-0.3, -0.25) is 0 Å². The van der Waals surface area contributed by atoms with E-state index in [-0.39, 0.29) is 0 Å². The Hall–Kier alpha value is -7.94. The predicted molar refractivity (Wildman–Crippen MR) is 252 cm³/mol. The van der Waals surface area contributed by atoms with Crippen LogP contribution in [0.1, 0.15) is 22.3 Å². The van der Waals surface area contributed by atoms with Gasteiger partial charge in [0, 0.05) is 28.0 Å². The number of fused-ring (bicyclic) bond motifs is 5. The maximum Gasteiger partial charge on any atom is 0.135 e. The van der Waals surface area contributed by atoms with E-state index < -0.39 is 5.41 Å². The van der Waals surface area contributed by atoms with Gasteiger partial charge in [0.1, 0.15) is 11.5 Å². The minimum atomic E-state index is -0.456. The van der Waals surface area contributed by atoms with Crippen molar-refractivity contribution in [1.29, 1.82) is 0 Å². The molecule has 1 aliphatic carbocycles. The molecule has 0 saturated heterocycles. The molecule has 2 aliphatic rings. The summed E-state index contributed by atoms with van der Waals surface area (Å²) in [6.07, 6.45) is 0. The van der Waals surface area contributed by atoms with E-state index in [2.05, 4.69) is 229 Å². The number of anilines is 3. The maximum atomic E-state index is 6.44. The van der Waals surface area contributed by atoms with Crippen molar-refractivity contribution in [2.24, 2.45) is 0 Å². The molecule has 10 aromatic rings. The van der Waals surface area contributed by atoms with Gasteiger partial charge in [-0.05, 0) is 115 Å². The summed E-state index contributed by atoms with van der Waals surface area (Å²) in [5.74, 6) is 1.80. The SMILES string of the molecule is c1ccc(-c2ccc(N(c3ccc(-c4ccc5c6c(cccc46)-c4ccccc4O5)cc3)c3ccc4c(c3)-c3ccccc3C4(c3ccccc3)c3ccccc3)cc2)cc1. The molecular formula is C59H39NO. The molecular weight excluding hydrogens is 739 g/mol. The summed E-state index contributed by atoms with van der Waals surface area (Å²) < 4.78 is 6.44. The molecule has 0 spiro atoms. The van der Waals surface area contributed by atoms with Crippen molar-refractivity contribution in [2.45, 2.75) is 5.41 Å². The second-order valence-electron chi connectivity index (χ2n) is 16.0. The number of hydrogen-bond donors (Lipinski definition) is 0. The second kappa shape index (κ2) is 14.1. The largest absolute Gasteiger partial charge is 0.456 e. The molecule has 0 fully saturated rings. The lowest BCUT2D eigenvalue weighted by atomic mass is 9.68. The average Bonchev–Trinajstić information content (AvgIpc) is 3.64. The predicted octanol–water partition coefficient (Wildman–Crippen LogP) is 15.8. The number of benzene rings is 10. The quantitative estimate of drug-likeness (QED) is 0.160. The highest BCUT2D eigenvalue weighted by Crippen LogP contribution is 2.57. The molecule has 61 heavy (non-hydrogen) atoms. The summed E-state index contributed by atoms with van der Waals surface area (Å²) in [5, 5.41) is 2.34. The van der Waals surface area contributed by atoms with E-state index in [0.29, 0.717) is 0 Å². The molecule has 0 atom stereocenters. The van der Waals surface area contributed by atoms with Crippen LogP contribution in [0.2, 0.25) is 0 Å². The van der Waals surface area contributed by atoms with Crippen LogP contribution in [0.4, 0.5) is 17.1 Å². The normalized spacial score (nSPS) is 12.9. The number of para-hydroxylation sites is 1. The van der Waals surface area contributed by atoms with Crippen LogP contribution in [0.3, 0.4) is 0 Å². The minimum Gasteiger partial charge on any atom is -0.456 e. The Labute approximate surface area is 356 Å². The molecule has 1 heterocycles. The van der Waals surface area contributed by atoms with Crippen LogP contribution in [-0.4, -0.2) is 0 Å². The lowest BCUT2D eigenvalue weighted by Gasteiger charge is -2.34. The third kappa shape index (κ3) is 5.50. The molecule has 12 rings (SSSR count). The highest BCUT2D eigenvalue weighted by molar-refractivity contribution is 6.10. The smallest absolute Gasteiger partial charge is 0.135 e. The van der Waals surface area contributed by atoms with Gasteiger partial charge in [-0.2, -0.15) is 0 Å². The number of nitrogens with zero attached hydrogens (tertiary/aromatic N) is 1. The summed E-state index contributed by atoms with van der Waals surface area (Å²) in [5.41, 5.74) is 17.5. The number of hydrogen-bond acceptors (Lipinski definition) is 2. The molecule has 10 aromatic carbocycles. The van der Waals surface area contributed by atoms with Crippen molar-refractivity contribution in [3.8, 4) is 56.0 Å². The highest BCUT2D eigenvalue weighted by atomic mass is 16.5. The first-order valence-electron chi connectivity index (χ1n) is 21.0. The Bertz CT molecular complexity index is 3210. The number of ether oxygens (including phenoxy) is 1. The van der Waals surface area contributed by atoms with E-state index in [1.165, 1.54) is 61.0 Å². The lowest BCUT2D eigenvalue weighted by Crippen LogP contribution is -2.28. The zero-order valence-electron chi connectivity index (χ0n) is 33.4. The third-order valence-corrected chi connectivity index (χ3v) is 12.8. The monoisotopic (exact) mass is 777 g/mol. The van der Waals surface area contributed by atoms with Gasteiger partial charge in [-0.1, -0.05) is 188 Å². The fraction of sp³-hybridized carbons (Fsp3) is 0.0169. The van der Waals surface area contributed by atoms with Crippen LogP contribution in [0.5, 0.6) is 11.5 Å². The fourth-order valence-corrected chi connectivity index (χ4v) is 10.1. The molecule has 0 amide bonds. The van der Waals surface area contributed by atoms with E-state index in [4.69, 9.17) is 4.74 Å². The summed E-state index contributed by atoms with van der Waals surface area (Å²) >= 11 is 0. The maximum absolute atomic E-state index is 6.44. The zero-order chi connectivity index (χ0) is 40.3. The van der Waals surface area contributed by atoms with Crippen LogP contribution in [-0.2, 0) is 5.41 Å². The van der Waals surface area contributed by atoms with Crippen molar-refractivity contribution in [1.82, 2.24) is 0 Å². The van der Waals surface area contributed by atoms with Gasteiger partial charge in [-0.15, -0.1) is 0 Å². The Kier molecular flexibility index (Phi) is 8.11. The van der Waals surface area contributed by atoms with Gasteiger partial charge in [0.15, 0.2) is 0 Å². The topological polar surface area (TPSA) is 12.5 Å². The minimum absolute atomic E-state index is 0.456. The Morgan fingerprint density at radius 2 is 0.852 bits per heavy atom. The van der Waals surface area contributed by atoms with Crippen LogP contribution in [0.25, 0.3) is 55.3 Å². The van der Waals surface area contributed by atoms with Gasteiger partial charge < -0.3 is 9.64 Å². The van der Waals surface area contributed by atoms with Crippen molar-refractivity contribution < 1.29 is 4.74 Å². The molecule has 2 nitrogen and oxygen atoms in total. The Morgan fingerprint density at radius 3 is 1.56 bits per heavy atom. The van der Waals surface area contributed by atoms with Crippen LogP contribution < -0.4 is 9.64 Å². The summed E-state index contributed by atoms with van der Waals surface area (Å²) in [6, 6.07) is 85.9. The van der Waals surface area contributed by atoms with Crippen LogP contribution in [0.15, 0.2) is 237 Å². The van der Waals surface area contributed by atoms with E-state index in [1.807, 2.05) is 12.1 Å². The van der Waals surface area contributed by atoms with Crippen molar-refractivity contribution in [2.75, 3.05) is 4.90 Å². The zero-order valence-corrected chi connectivity index (χ0v) is 33.4. The lowest BCUT2D eigenvalue weighted by molar-refractivity contribution is 0.487. The van der Waals surface area contributed by atoms with Crippen molar-refractivity contribution in [3.63, 3.8) is 0 Å². The molecule has 2 heteroatoms. The first-order chi connectivity index (χ1) is 30.3.